The van der Waals surface area contributed by atoms with Crippen LogP contribution in [0.1, 0.15) is 19.3 Å². The van der Waals surface area contributed by atoms with Crippen molar-refractivity contribution >= 4 is 5.91 Å². The molecule has 0 saturated carbocycles. The van der Waals surface area contributed by atoms with Gasteiger partial charge in [0.1, 0.15) is 0 Å². The fraction of sp³-hybridized carbons (Fsp3) is 0.500. The molecule has 0 aromatic carbocycles. The van der Waals surface area contributed by atoms with Crippen molar-refractivity contribution in [1.29, 1.82) is 0 Å². The summed E-state index contributed by atoms with van der Waals surface area (Å²) in [5.74, 6) is 0.0867. The molecule has 0 aromatic heterocycles. The molecule has 17 heavy (non-hydrogen) atoms. The van der Waals surface area contributed by atoms with E-state index in [0.717, 1.165) is 32.4 Å². The van der Waals surface area contributed by atoms with E-state index in [2.05, 4.69) is 17.5 Å². The van der Waals surface area contributed by atoms with Gasteiger partial charge in [0.15, 0.2) is 0 Å². The first-order valence-corrected chi connectivity index (χ1v) is 6.30. The Labute approximate surface area is 103 Å². The second-order valence-corrected chi connectivity index (χ2v) is 4.61. The van der Waals surface area contributed by atoms with Crippen LogP contribution in [-0.2, 0) is 4.79 Å². The van der Waals surface area contributed by atoms with Crippen LogP contribution >= 0.6 is 0 Å². The molecule has 0 aliphatic carbocycles. The first-order valence-electron chi connectivity index (χ1n) is 6.30. The summed E-state index contributed by atoms with van der Waals surface area (Å²) in [5, 5.41) is 3.42. The van der Waals surface area contributed by atoms with Crippen LogP contribution in [0, 0.1) is 0 Å². The molecule has 0 saturated heterocycles. The molecule has 2 heterocycles. The van der Waals surface area contributed by atoms with Crippen LogP contribution < -0.4 is 5.32 Å². The zero-order chi connectivity index (χ0) is 12.1. The van der Waals surface area contributed by atoms with E-state index in [4.69, 9.17) is 0 Å². The smallest absolute Gasteiger partial charge is 0.246 e. The highest BCUT2D eigenvalue weighted by Crippen LogP contribution is 2.19. The molecule has 2 aliphatic heterocycles. The molecular formula is C14H20N2O. The summed E-state index contributed by atoms with van der Waals surface area (Å²) in [6, 6.07) is 0. The fourth-order valence-electron chi connectivity index (χ4n) is 2.20. The quantitative estimate of drug-likeness (QED) is 0.688. The van der Waals surface area contributed by atoms with Gasteiger partial charge in [0.2, 0.25) is 5.91 Å². The van der Waals surface area contributed by atoms with Gasteiger partial charge in [0.25, 0.3) is 0 Å². The van der Waals surface area contributed by atoms with Crippen molar-refractivity contribution in [1.82, 2.24) is 10.2 Å². The molecule has 3 heteroatoms. The van der Waals surface area contributed by atoms with Gasteiger partial charge in [0, 0.05) is 19.7 Å². The lowest BCUT2D eigenvalue weighted by Gasteiger charge is -2.14. The average Bonchev–Trinajstić information content (AvgIpc) is 2.34. The third-order valence-electron chi connectivity index (χ3n) is 3.28. The van der Waals surface area contributed by atoms with Gasteiger partial charge in [-0.3, -0.25) is 4.79 Å². The highest BCUT2D eigenvalue weighted by atomic mass is 16.2. The van der Waals surface area contributed by atoms with Crippen LogP contribution in [0.2, 0.25) is 0 Å². The van der Waals surface area contributed by atoms with E-state index in [1.165, 1.54) is 11.1 Å². The Morgan fingerprint density at radius 1 is 1.12 bits per heavy atom. The second kappa shape index (κ2) is 5.82. The molecule has 1 amide bonds. The number of carbonyl (C=O) groups excluding carboxylic acids is 1. The van der Waals surface area contributed by atoms with Gasteiger partial charge in [-0.2, -0.15) is 0 Å². The maximum atomic E-state index is 11.7. The normalized spacial score (nSPS) is 30.4. The number of likely N-dealkylation sites (N-methyl/N-ethyl adjacent to an activating group) is 1. The van der Waals surface area contributed by atoms with Crippen LogP contribution in [0.5, 0.6) is 0 Å². The largest absolute Gasteiger partial charge is 0.338 e. The summed E-state index contributed by atoms with van der Waals surface area (Å²) in [7, 11) is 1.83. The SMILES string of the molecule is CN1C\C=C/C2=C(\C=C/C1=O)CCCNCC2. The molecule has 1 N–H and O–H groups in total. The van der Waals surface area contributed by atoms with Gasteiger partial charge in [-0.05, 0) is 43.5 Å². The van der Waals surface area contributed by atoms with Crippen LogP contribution in [0.15, 0.2) is 35.5 Å². The maximum Gasteiger partial charge on any atom is 0.246 e. The van der Waals surface area contributed by atoms with E-state index >= 15 is 0 Å². The van der Waals surface area contributed by atoms with E-state index in [1.807, 2.05) is 13.1 Å². The summed E-state index contributed by atoms with van der Waals surface area (Å²) >= 11 is 0. The van der Waals surface area contributed by atoms with Crippen LogP contribution in [-0.4, -0.2) is 37.5 Å². The third kappa shape index (κ3) is 3.30. The lowest BCUT2D eigenvalue weighted by molar-refractivity contribution is -0.124. The van der Waals surface area contributed by atoms with Crippen molar-refractivity contribution in [2.24, 2.45) is 0 Å². The minimum atomic E-state index is 0.0867. The summed E-state index contributed by atoms with van der Waals surface area (Å²) in [5.41, 5.74) is 2.70. The monoisotopic (exact) mass is 232 g/mol. The van der Waals surface area contributed by atoms with E-state index in [9.17, 15) is 4.79 Å². The van der Waals surface area contributed by atoms with E-state index in [0.29, 0.717) is 6.54 Å². The zero-order valence-corrected chi connectivity index (χ0v) is 10.4. The average molecular weight is 232 g/mol. The molecule has 0 radical (unpaired) electrons. The molecule has 2 aliphatic rings. The van der Waals surface area contributed by atoms with Crippen molar-refractivity contribution in [2.45, 2.75) is 19.3 Å². The third-order valence-corrected chi connectivity index (χ3v) is 3.28. The highest BCUT2D eigenvalue weighted by Gasteiger charge is 2.09. The Morgan fingerprint density at radius 3 is 2.82 bits per heavy atom. The fourth-order valence-corrected chi connectivity index (χ4v) is 2.20. The lowest BCUT2D eigenvalue weighted by Crippen LogP contribution is -2.24. The minimum Gasteiger partial charge on any atom is -0.338 e. The summed E-state index contributed by atoms with van der Waals surface area (Å²) in [6.07, 6.45) is 11.2. The molecule has 3 nitrogen and oxygen atoms in total. The summed E-state index contributed by atoms with van der Waals surface area (Å²) < 4.78 is 0. The number of nitrogens with one attached hydrogen (secondary N) is 1. The first kappa shape index (κ1) is 12.1. The number of nitrogens with zero attached hydrogens (tertiary/aromatic N) is 1. The van der Waals surface area contributed by atoms with Gasteiger partial charge in [0.05, 0.1) is 0 Å². The summed E-state index contributed by atoms with van der Waals surface area (Å²) in [6.45, 7) is 2.79. The highest BCUT2D eigenvalue weighted by molar-refractivity contribution is 5.88. The Kier molecular flexibility index (Phi) is 4.15. The molecule has 0 atom stereocenters. The number of amides is 1. The summed E-state index contributed by atoms with van der Waals surface area (Å²) in [4.78, 5) is 13.4. The molecule has 0 unspecified atom stereocenters. The van der Waals surface area contributed by atoms with Crippen molar-refractivity contribution in [2.75, 3.05) is 26.7 Å². The topological polar surface area (TPSA) is 32.3 Å². The Morgan fingerprint density at radius 2 is 1.94 bits per heavy atom. The predicted molar refractivity (Wildman–Crippen MR) is 69.7 cm³/mol. The van der Waals surface area contributed by atoms with Gasteiger partial charge in [-0.25, -0.2) is 0 Å². The van der Waals surface area contributed by atoms with Crippen LogP contribution in [0.25, 0.3) is 0 Å². The maximum absolute atomic E-state index is 11.7. The molecular weight excluding hydrogens is 212 g/mol. The van der Waals surface area contributed by atoms with Crippen molar-refractivity contribution in [3.05, 3.63) is 35.5 Å². The standard InChI is InChI=1S/C14H20N2O/c1-16-11-3-5-13-8-10-15-9-2-4-12(13)6-7-14(16)17/h3,5-7,15H,2,4,8-11H2,1H3/b5-3-,7-6-,13-12+. The van der Waals surface area contributed by atoms with Gasteiger partial charge in [-0.1, -0.05) is 18.2 Å². The molecule has 0 spiro atoms. The number of carbonyl (C=O) groups is 1. The van der Waals surface area contributed by atoms with Crippen molar-refractivity contribution < 1.29 is 4.79 Å². The Hall–Kier alpha value is -1.35. The van der Waals surface area contributed by atoms with Crippen molar-refractivity contribution in [3.8, 4) is 0 Å². The minimum absolute atomic E-state index is 0.0867. The number of hydrogen-bond donors (Lipinski definition) is 1. The van der Waals surface area contributed by atoms with E-state index in [-0.39, 0.29) is 5.91 Å². The molecule has 0 aromatic rings. The first-order chi connectivity index (χ1) is 8.27. The molecule has 0 fully saturated rings. The number of hydrogen-bond acceptors (Lipinski definition) is 2. The van der Waals surface area contributed by atoms with Gasteiger partial charge >= 0.3 is 0 Å². The number of rotatable bonds is 0. The van der Waals surface area contributed by atoms with Crippen molar-refractivity contribution in [3.63, 3.8) is 0 Å². The predicted octanol–water partition coefficient (Wildman–Crippen LogP) is 1.64. The van der Waals surface area contributed by atoms with Crippen LogP contribution in [0.3, 0.4) is 0 Å². The second-order valence-electron chi connectivity index (χ2n) is 4.61. The van der Waals surface area contributed by atoms with Gasteiger partial charge in [-0.15, -0.1) is 0 Å². The van der Waals surface area contributed by atoms with Gasteiger partial charge < -0.3 is 10.2 Å². The van der Waals surface area contributed by atoms with E-state index in [1.54, 1.807) is 11.0 Å². The molecule has 2 rings (SSSR count). The lowest BCUT2D eigenvalue weighted by atomic mass is 9.98. The zero-order valence-electron chi connectivity index (χ0n) is 10.4. The van der Waals surface area contributed by atoms with Crippen LogP contribution in [0.4, 0.5) is 0 Å². The Bertz CT molecular complexity index is 380. The molecule has 92 valence electrons. The van der Waals surface area contributed by atoms with E-state index < -0.39 is 0 Å². The Balaban J connectivity index is 2.27. The number of allylic oxidation sites excluding steroid dienone is 3. The molecule has 0 bridgehead atoms.